The normalized spacial score (nSPS) is 10.0. The molecule has 8 nitrogen and oxygen atoms in total. The molecule has 1 heterocycles. The molecule has 1 aromatic heterocycles. The van der Waals surface area contributed by atoms with Crippen LogP contribution in [0.15, 0.2) is 45.5 Å². The Balaban J connectivity index is 1.72. The van der Waals surface area contributed by atoms with E-state index in [0.717, 1.165) is 0 Å². The minimum absolute atomic E-state index is 0.0513. The van der Waals surface area contributed by atoms with Gasteiger partial charge in [-0.3, -0.25) is 14.4 Å². The lowest BCUT2D eigenvalue weighted by atomic mass is 10.3. The minimum atomic E-state index is -0.750. The van der Waals surface area contributed by atoms with Crippen molar-refractivity contribution in [2.75, 3.05) is 25.6 Å². The Kier molecular flexibility index (Phi) is 6.58. The first-order valence-corrected chi connectivity index (χ1v) is 7.90. The number of esters is 1. The SMILES string of the molecule is COc1cccc(NC(=O)COC(=O)CNC(=O)c2ccc(Br)o2)c1. The molecule has 132 valence electrons. The molecule has 0 aliphatic carbocycles. The molecule has 0 radical (unpaired) electrons. The molecule has 0 aliphatic heterocycles. The third kappa shape index (κ3) is 5.96. The molecule has 2 rings (SSSR count). The monoisotopic (exact) mass is 410 g/mol. The van der Waals surface area contributed by atoms with Gasteiger partial charge in [0, 0.05) is 11.8 Å². The van der Waals surface area contributed by atoms with Crippen molar-refractivity contribution in [1.29, 1.82) is 0 Å². The summed E-state index contributed by atoms with van der Waals surface area (Å²) < 4.78 is 15.3. The maximum absolute atomic E-state index is 11.7. The van der Waals surface area contributed by atoms with E-state index in [9.17, 15) is 14.4 Å². The van der Waals surface area contributed by atoms with E-state index in [2.05, 4.69) is 26.6 Å². The van der Waals surface area contributed by atoms with Crippen molar-refractivity contribution >= 4 is 39.4 Å². The number of furan rings is 1. The number of amides is 2. The van der Waals surface area contributed by atoms with Crippen molar-refractivity contribution in [2.24, 2.45) is 0 Å². The Morgan fingerprint density at radius 1 is 1.20 bits per heavy atom. The third-order valence-corrected chi connectivity index (χ3v) is 3.33. The molecular weight excluding hydrogens is 396 g/mol. The fourth-order valence-corrected chi connectivity index (χ4v) is 2.08. The lowest BCUT2D eigenvalue weighted by molar-refractivity contribution is -0.146. The molecule has 0 saturated carbocycles. The Hall–Kier alpha value is -2.81. The number of methoxy groups -OCH3 is 1. The Labute approximate surface area is 151 Å². The van der Waals surface area contributed by atoms with Gasteiger partial charge in [0.05, 0.1) is 7.11 Å². The molecule has 25 heavy (non-hydrogen) atoms. The average molecular weight is 411 g/mol. The average Bonchev–Trinajstić information content (AvgIpc) is 3.04. The van der Waals surface area contributed by atoms with Crippen LogP contribution in [-0.4, -0.2) is 38.0 Å². The molecule has 2 N–H and O–H groups in total. The van der Waals surface area contributed by atoms with E-state index in [1.165, 1.54) is 13.2 Å². The van der Waals surface area contributed by atoms with E-state index in [1.54, 1.807) is 30.3 Å². The standard InChI is InChI=1S/C16H15BrN2O6/c1-23-11-4-2-3-10(7-11)19-14(20)9-24-15(21)8-18-16(22)12-5-6-13(17)25-12/h2-7H,8-9H2,1H3,(H,18,22)(H,19,20). The molecule has 0 spiro atoms. The van der Waals surface area contributed by atoms with Gasteiger partial charge in [0.2, 0.25) is 0 Å². The number of carbonyl (C=O) groups excluding carboxylic acids is 3. The van der Waals surface area contributed by atoms with Crippen LogP contribution in [0.4, 0.5) is 5.69 Å². The lowest BCUT2D eigenvalue weighted by Crippen LogP contribution is -2.32. The third-order valence-electron chi connectivity index (χ3n) is 2.91. The number of rotatable bonds is 7. The first-order valence-electron chi connectivity index (χ1n) is 7.11. The van der Waals surface area contributed by atoms with Gasteiger partial charge in [0.15, 0.2) is 17.0 Å². The number of hydrogen-bond donors (Lipinski definition) is 2. The predicted molar refractivity (Wildman–Crippen MR) is 91.3 cm³/mol. The van der Waals surface area contributed by atoms with Gasteiger partial charge < -0.3 is 24.5 Å². The molecule has 1 aromatic carbocycles. The molecule has 0 bridgehead atoms. The van der Waals surface area contributed by atoms with Gasteiger partial charge in [-0.05, 0) is 40.2 Å². The zero-order valence-corrected chi connectivity index (χ0v) is 14.8. The second kappa shape index (κ2) is 8.88. The first kappa shape index (κ1) is 18.5. The molecule has 0 atom stereocenters. The maximum atomic E-state index is 11.7. The first-order chi connectivity index (χ1) is 12.0. The molecule has 0 unspecified atom stereocenters. The second-order valence-corrected chi connectivity index (χ2v) is 5.51. The van der Waals surface area contributed by atoms with E-state index in [4.69, 9.17) is 13.9 Å². The summed E-state index contributed by atoms with van der Waals surface area (Å²) >= 11 is 3.07. The van der Waals surface area contributed by atoms with Crippen LogP contribution in [0.2, 0.25) is 0 Å². The number of nitrogens with one attached hydrogen (secondary N) is 2. The van der Waals surface area contributed by atoms with E-state index in [1.807, 2.05) is 0 Å². The zero-order valence-electron chi connectivity index (χ0n) is 13.2. The highest BCUT2D eigenvalue weighted by molar-refractivity contribution is 9.10. The lowest BCUT2D eigenvalue weighted by Gasteiger charge is -2.08. The highest BCUT2D eigenvalue weighted by atomic mass is 79.9. The summed E-state index contributed by atoms with van der Waals surface area (Å²) in [4.78, 5) is 35.0. The summed E-state index contributed by atoms with van der Waals surface area (Å²) in [7, 11) is 1.51. The number of hydrogen-bond acceptors (Lipinski definition) is 6. The van der Waals surface area contributed by atoms with Crippen LogP contribution < -0.4 is 15.4 Å². The van der Waals surface area contributed by atoms with E-state index in [-0.39, 0.29) is 12.3 Å². The quantitative estimate of drug-likeness (QED) is 0.675. The van der Waals surface area contributed by atoms with Crippen LogP contribution in [-0.2, 0) is 14.3 Å². The van der Waals surface area contributed by atoms with Gasteiger partial charge in [-0.1, -0.05) is 6.07 Å². The number of carbonyl (C=O) groups is 3. The van der Waals surface area contributed by atoms with Crippen molar-refractivity contribution in [2.45, 2.75) is 0 Å². The maximum Gasteiger partial charge on any atom is 0.325 e. The molecule has 0 saturated heterocycles. The molecule has 9 heteroatoms. The molecule has 0 aliphatic rings. The van der Waals surface area contributed by atoms with E-state index < -0.39 is 24.4 Å². The smallest absolute Gasteiger partial charge is 0.325 e. The van der Waals surface area contributed by atoms with Gasteiger partial charge in [0.25, 0.3) is 11.8 Å². The van der Waals surface area contributed by atoms with Crippen molar-refractivity contribution in [3.63, 3.8) is 0 Å². The van der Waals surface area contributed by atoms with Crippen LogP contribution in [0.1, 0.15) is 10.6 Å². The summed E-state index contributed by atoms with van der Waals surface area (Å²) in [6.45, 7) is -0.859. The molecule has 2 amide bonds. The summed E-state index contributed by atoms with van der Waals surface area (Å²) in [6, 6.07) is 9.74. The van der Waals surface area contributed by atoms with E-state index in [0.29, 0.717) is 16.1 Å². The fourth-order valence-electron chi connectivity index (χ4n) is 1.77. The summed E-state index contributed by atoms with van der Waals surface area (Å²) in [5.41, 5.74) is 0.511. The van der Waals surface area contributed by atoms with Crippen molar-refractivity contribution in [1.82, 2.24) is 5.32 Å². The summed E-state index contributed by atoms with van der Waals surface area (Å²) in [6.07, 6.45) is 0. The Morgan fingerprint density at radius 3 is 2.68 bits per heavy atom. The van der Waals surface area contributed by atoms with Gasteiger partial charge >= 0.3 is 5.97 Å². The predicted octanol–water partition coefficient (Wildman–Crippen LogP) is 1.96. The van der Waals surface area contributed by atoms with Crippen LogP contribution in [0.3, 0.4) is 0 Å². The largest absolute Gasteiger partial charge is 0.497 e. The van der Waals surface area contributed by atoms with Gasteiger partial charge in [-0.2, -0.15) is 0 Å². The van der Waals surface area contributed by atoms with Gasteiger partial charge in [-0.15, -0.1) is 0 Å². The van der Waals surface area contributed by atoms with Crippen LogP contribution in [0.5, 0.6) is 5.75 Å². The Bertz CT molecular complexity index is 773. The minimum Gasteiger partial charge on any atom is -0.497 e. The topological polar surface area (TPSA) is 107 Å². The van der Waals surface area contributed by atoms with Crippen molar-refractivity contribution in [3.05, 3.63) is 46.8 Å². The van der Waals surface area contributed by atoms with Crippen molar-refractivity contribution in [3.8, 4) is 5.75 Å². The second-order valence-electron chi connectivity index (χ2n) is 4.73. The van der Waals surface area contributed by atoms with Crippen molar-refractivity contribution < 1.29 is 28.3 Å². The Morgan fingerprint density at radius 2 is 2.00 bits per heavy atom. The molecular formula is C16H15BrN2O6. The van der Waals surface area contributed by atoms with Crippen LogP contribution in [0.25, 0.3) is 0 Å². The zero-order chi connectivity index (χ0) is 18.2. The molecule has 0 fully saturated rings. The number of benzene rings is 1. The highest BCUT2D eigenvalue weighted by Crippen LogP contribution is 2.16. The summed E-state index contributed by atoms with van der Waals surface area (Å²) in [5, 5.41) is 4.89. The molecule has 2 aromatic rings. The number of halogens is 1. The van der Waals surface area contributed by atoms with Gasteiger partial charge in [0.1, 0.15) is 12.3 Å². The highest BCUT2D eigenvalue weighted by Gasteiger charge is 2.13. The van der Waals surface area contributed by atoms with Gasteiger partial charge in [-0.25, -0.2) is 0 Å². The fraction of sp³-hybridized carbons (Fsp3) is 0.188. The number of anilines is 1. The number of ether oxygens (including phenoxy) is 2. The summed E-state index contributed by atoms with van der Waals surface area (Å²) in [5.74, 6) is -1.19. The van der Waals surface area contributed by atoms with Crippen LogP contribution >= 0.6 is 15.9 Å². The van der Waals surface area contributed by atoms with Crippen LogP contribution in [0, 0.1) is 0 Å². The van der Waals surface area contributed by atoms with E-state index >= 15 is 0 Å².